The molecule has 0 spiro atoms. The monoisotopic (exact) mass is 477 g/mol. The molecule has 7 nitrogen and oxygen atoms in total. The summed E-state index contributed by atoms with van der Waals surface area (Å²) >= 11 is 12.0. The standard InChI is InChI=1S/C23H25Cl2N3O4/c1-13(2)27(14(3)4)23(31)32-17-9-6-15(7-10-17)20-21(29)28(22(30)26(20)5)16-8-11-18(24)19(25)12-16/h6-14,20H,1-5H3. The molecule has 1 aliphatic rings. The van der Waals surface area contributed by atoms with Crippen LogP contribution in [0.1, 0.15) is 39.3 Å². The van der Waals surface area contributed by atoms with Gasteiger partial charge in [-0.05, 0) is 63.6 Å². The Morgan fingerprint density at radius 3 is 2.09 bits per heavy atom. The molecular formula is C23H25Cl2N3O4. The van der Waals surface area contributed by atoms with Gasteiger partial charge in [-0.3, -0.25) is 4.79 Å². The fourth-order valence-corrected chi connectivity index (χ4v) is 4.06. The van der Waals surface area contributed by atoms with Crippen molar-refractivity contribution in [1.82, 2.24) is 9.80 Å². The van der Waals surface area contributed by atoms with Gasteiger partial charge in [-0.1, -0.05) is 35.3 Å². The highest BCUT2D eigenvalue weighted by Crippen LogP contribution is 2.36. The first kappa shape index (κ1) is 23.9. The molecule has 1 atom stereocenters. The summed E-state index contributed by atoms with van der Waals surface area (Å²) in [7, 11) is 1.56. The first-order valence-electron chi connectivity index (χ1n) is 10.2. The van der Waals surface area contributed by atoms with Gasteiger partial charge in [-0.25, -0.2) is 14.5 Å². The van der Waals surface area contributed by atoms with E-state index in [4.69, 9.17) is 27.9 Å². The Morgan fingerprint density at radius 2 is 1.56 bits per heavy atom. The van der Waals surface area contributed by atoms with Gasteiger partial charge in [-0.15, -0.1) is 0 Å². The Morgan fingerprint density at radius 1 is 0.969 bits per heavy atom. The SMILES string of the molecule is CC(C)N(C(=O)Oc1ccc(C2C(=O)N(c3ccc(Cl)c(Cl)c3)C(=O)N2C)cc1)C(C)C. The van der Waals surface area contributed by atoms with Gasteiger partial charge in [0, 0.05) is 19.1 Å². The van der Waals surface area contributed by atoms with Crippen molar-refractivity contribution in [3.05, 3.63) is 58.1 Å². The van der Waals surface area contributed by atoms with Crippen LogP contribution in [0.25, 0.3) is 0 Å². The molecule has 0 saturated carbocycles. The lowest BCUT2D eigenvalue weighted by atomic mass is 10.1. The molecule has 0 aromatic heterocycles. The van der Waals surface area contributed by atoms with Crippen molar-refractivity contribution in [3.8, 4) is 5.75 Å². The summed E-state index contributed by atoms with van der Waals surface area (Å²) in [6.45, 7) is 7.68. The minimum Gasteiger partial charge on any atom is -0.410 e. The Kier molecular flexibility index (Phi) is 7.00. The van der Waals surface area contributed by atoms with E-state index >= 15 is 0 Å². The summed E-state index contributed by atoms with van der Waals surface area (Å²) in [6, 6.07) is 9.83. The van der Waals surface area contributed by atoms with Crippen LogP contribution in [0.3, 0.4) is 0 Å². The number of nitrogens with zero attached hydrogens (tertiary/aromatic N) is 3. The molecule has 1 unspecified atom stereocenters. The number of benzene rings is 2. The van der Waals surface area contributed by atoms with Crippen LogP contribution in [-0.2, 0) is 4.79 Å². The second-order valence-electron chi connectivity index (χ2n) is 8.10. The minimum atomic E-state index is -0.815. The van der Waals surface area contributed by atoms with Crippen LogP contribution in [-0.4, -0.2) is 47.0 Å². The average molecular weight is 478 g/mol. The smallest absolute Gasteiger partial charge is 0.410 e. The topological polar surface area (TPSA) is 70.2 Å². The number of rotatable bonds is 5. The lowest BCUT2D eigenvalue weighted by Crippen LogP contribution is -2.43. The van der Waals surface area contributed by atoms with Crippen molar-refractivity contribution < 1.29 is 19.1 Å². The summed E-state index contributed by atoms with van der Waals surface area (Å²) in [4.78, 5) is 42.5. The summed E-state index contributed by atoms with van der Waals surface area (Å²) in [5.41, 5.74) is 0.939. The second kappa shape index (κ2) is 9.38. The fourth-order valence-electron chi connectivity index (χ4n) is 3.77. The zero-order chi connectivity index (χ0) is 23.7. The minimum absolute atomic E-state index is 0.00935. The van der Waals surface area contributed by atoms with E-state index in [1.807, 2.05) is 27.7 Å². The van der Waals surface area contributed by atoms with Gasteiger partial charge in [0.2, 0.25) is 0 Å². The number of hydrogen-bond donors (Lipinski definition) is 0. The van der Waals surface area contributed by atoms with Crippen molar-refractivity contribution in [1.29, 1.82) is 0 Å². The summed E-state index contributed by atoms with van der Waals surface area (Å²) in [6.07, 6.45) is -0.446. The number of amides is 4. The average Bonchev–Trinajstić information content (AvgIpc) is 2.93. The number of likely N-dealkylation sites (N-methyl/N-ethyl adjacent to an activating group) is 1. The van der Waals surface area contributed by atoms with Gasteiger partial charge < -0.3 is 14.5 Å². The Balaban J connectivity index is 1.81. The van der Waals surface area contributed by atoms with Gasteiger partial charge in [0.25, 0.3) is 5.91 Å². The maximum atomic E-state index is 13.1. The molecular weight excluding hydrogens is 453 g/mol. The highest BCUT2D eigenvalue weighted by Gasteiger charge is 2.44. The van der Waals surface area contributed by atoms with E-state index < -0.39 is 24.1 Å². The summed E-state index contributed by atoms with van der Waals surface area (Å²) < 4.78 is 5.49. The Labute approximate surface area is 197 Å². The van der Waals surface area contributed by atoms with Gasteiger partial charge in [0.1, 0.15) is 11.8 Å². The molecule has 0 aliphatic carbocycles. The van der Waals surface area contributed by atoms with Crippen LogP contribution >= 0.6 is 23.2 Å². The molecule has 1 saturated heterocycles. The number of halogens is 2. The molecule has 0 radical (unpaired) electrons. The lowest BCUT2D eigenvalue weighted by molar-refractivity contribution is -0.119. The van der Waals surface area contributed by atoms with Gasteiger partial charge >= 0.3 is 12.1 Å². The van der Waals surface area contributed by atoms with Crippen LogP contribution in [0.2, 0.25) is 10.0 Å². The molecule has 170 valence electrons. The van der Waals surface area contributed by atoms with Crippen LogP contribution in [0.4, 0.5) is 15.3 Å². The van der Waals surface area contributed by atoms with Crippen LogP contribution in [0, 0.1) is 0 Å². The number of anilines is 1. The number of ether oxygens (including phenoxy) is 1. The van der Waals surface area contributed by atoms with Gasteiger partial charge in [0.15, 0.2) is 0 Å². The molecule has 2 aromatic rings. The predicted octanol–water partition coefficient (Wildman–Crippen LogP) is 5.75. The number of carbonyl (C=O) groups excluding carboxylic acids is 3. The third kappa shape index (κ3) is 4.54. The van der Waals surface area contributed by atoms with E-state index in [0.29, 0.717) is 22.0 Å². The largest absolute Gasteiger partial charge is 0.415 e. The van der Waals surface area contributed by atoms with Crippen molar-refractivity contribution in [2.45, 2.75) is 45.8 Å². The molecule has 0 N–H and O–H groups in total. The fraction of sp³-hybridized carbons (Fsp3) is 0.348. The van der Waals surface area contributed by atoms with E-state index in [0.717, 1.165) is 4.90 Å². The quantitative estimate of drug-likeness (QED) is 0.513. The first-order chi connectivity index (χ1) is 15.0. The molecule has 4 amide bonds. The zero-order valence-electron chi connectivity index (χ0n) is 18.5. The summed E-state index contributed by atoms with van der Waals surface area (Å²) in [5.74, 6) is -0.0581. The van der Waals surface area contributed by atoms with Gasteiger partial charge in [-0.2, -0.15) is 0 Å². The molecule has 1 aliphatic heterocycles. The molecule has 0 bridgehead atoms. The van der Waals surface area contributed by atoms with Crippen molar-refractivity contribution in [2.75, 3.05) is 11.9 Å². The maximum Gasteiger partial charge on any atom is 0.415 e. The van der Waals surface area contributed by atoms with E-state index in [1.54, 1.807) is 42.3 Å². The van der Waals surface area contributed by atoms with E-state index in [9.17, 15) is 14.4 Å². The highest BCUT2D eigenvalue weighted by molar-refractivity contribution is 6.42. The normalized spacial score (nSPS) is 16.3. The summed E-state index contributed by atoms with van der Waals surface area (Å²) in [5, 5.41) is 0.580. The number of imide groups is 1. The van der Waals surface area contributed by atoms with Crippen molar-refractivity contribution >= 4 is 46.9 Å². The molecule has 2 aromatic carbocycles. The van der Waals surface area contributed by atoms with Gasteiger partial charge in [0.05, 0.1) is 15.7 Å². The molecule has 1 fully saturated rings. The maximum absolute atomic E-state index is 13.1. The second-order valence-corrected chi connectivity index (χ2v) is 8.91. The highest BCUT2D eigenvalue weighted by atomic mass is 35.5. The number of urea groups is 1. The lowest BCUT2D eigenvalue weighted by Gasteiger charge is -2.29. The predicted molar refractivity (Wildman–Crippen MR) is 124 cm³/mol. The molecule has 1 heterocycles. The van der Waals surface area contributed by atoms with E-state index in [-0.39, 0.29) is 17.1 Å². The Bertz CT molecular complexity index is 1030. The van der Waals surface area contributed by atoms with E-state index in [2.05, 4.69) is 0 Å². The van der Waals surface area contributed by atoms with Crippen LogP contribution in [0.15, 0.2) is 42.5 Å². The van der Waals surface area contributed by atoms with Crippen molar-refractivity contribution in [2.24, 2.45) is 0 Å². The molecule has 32 heavy (non-hydrogen) atoms. The first-order valence-corrected chi connectivity index (χ1v) is 10.9. The van der Waals surface area contributed by atoms with Crippen LogP contribution < -0.4 is 9.64 Å². The van der Waals surface area contributed by atoms with E-state index in [1.165, 1.54) is 17.0 Å². The number of carbonyl (C=O) groups is 3. The van der Waals surface area contributed by atoms with Crippen molar-refractivity contribution in [3.63, 3.8) is 0 Å². The van der Waals surface area contributed by atoms with Crippen LogP contribution in [0.5, 0.6) is 5.75 Å². The number of hydrogen-bond acceptors (Lipinski definition) is 4. The molecule has 9 heteroatoms. The Hall–Kier alpha value is -2.77. The third-order valence-electron chi connectivity index (χ3n) is 5.22. The third-order valence-corrected chi connectivity index (χ3v) is 5.96. The zero-order valence-corrected chi connectivity index (χ0v) is 20.0. The molecule has 3 rings (SSSR count).